The van der Waals surface area contributed by atoms with E-state index >= 15 is 0 Å². The third-order valence-electron chi connectivity index (χ3n) is 2.64. The van der Waals surface area contributed by atoms with Gasteiger partial charge in [-0.1, -0.05) is 53.7 Å². The molecule has 0 heterocycles. The fourth-order valence-electron chi connectivity index (χ4n) is 1.50. The van der Waals surface area contributed by atoms with Gasteiger partial charge in [0.05, 0.1) is 10.6 Å². The SMILES string of the molecule is CC(=O)SCC(=O)c1ccc(S(N)(=O)=O)cc1.Clc1ccccc1. The molecule has 2 rings (SSSR count). The lowest BCUT2D eigenvalue weighted by molar-refractivity contribution is -0.109. The van der Waals surface area contributed by atoms with Crippen molar-refractivity contribution in [2.45, 2.75) is 11.8 Å². The van der Waals surface area contributed by atoms with E-state index in [1.54, 1.807) is 0 Å². The molecule has 2 aromatic rings. The van der Waals surface area contributed by atoms with Crippen molar-refractivity contribution >= 4 is 44.3 Å². The first-order chi connectivity index (χ1) is 11.2. The number of primary sulfonamides is 1. The van der Waals surface area contributed by atoms with Crippen molar-refractivity contribution in [3.63, 3.8) is 0 Å². The van der Waals surface area contributed by atoms with E-state index in [4.69, 9.17) is 16.7 Å². The molecule has 0 unspecified atom stereocenters. The Labute approximate surface area is 150 Å². The van der Waals surface area contributed by atoms with Gasteiger partial charge in [-0.25, -0.2) is 13.6 Å². The lowest BCUT2D eigenvalue weighted by Gasteiger charge is -2.01. The van der Waals surface area contributed by atoms with Crippen molar-refractivity contribution < 1.29 is 18.0 Å². The highest BCUT2D eigenvalue weighted by atomic mass is 35.5. The van der Waals surface area contributed by atoms with E-state index in [1.165, 1.54) is 31.2 Å². The molecule has 24 heavy (non-hydrogen) atoms. The van der Waals surface area contributed by atoms with Gasteiger partial charge in [-0.2, -0.15) is 0 Å². The molecule has 0 atom stereocenters. The minimum Gasteiger partial charge on any atom is -0.293 e. The molecule has 0 aliphatic rings. The summed E-state index contributed by atoms with van der Waals surface area (Å²) in [6.45, 7) is 1.38. The molecular formula is C16H16ClNO4S2. The third-order valence-corrected chi connectivity index (χ3v) is 4.64. The largest absolute Gasteiger partial charge is 0.293 e. The smallest absolute Gasteiger partial charge is 0.238 e. The standard InChI is InChI=1S/C10H11NO4S2.C6H5Cl/c1-7(12)16-6-10(13)8-2-4-9(5-3-8)17(11,14)15;7-6-4-2-1-3-5-6/h2-5H,6H2,1H3,(H2,11,14,15);1-5H. The lowest BCUT2D eigenvalue weighted by atomic mass is 10.1. The number of carbonyl (C=O) groups is 2. The van der Waals surface area contributed by atoms with Crippen molar-refractivity contribution in [3.05, 3.63) is 65.2 Å². The molecule has 5 nitrogen and oxygen atoms in total. The fourth-order valence-corrected chi connectivity index (χ4v) is 2.66. The summed E-state index contributed by atoms with van der Waals surface area (Å²) in [5.41, 5.74) is 0.353. The van der Waals surface area contributed by atoms with E-state index in [-0.39, 0.29) is 21.5 Å². The predicted molar refractivity (Wildman–Crippen MR) is 96.7 cm³/mol. The molecule has 0 bridgehead atoms. The molecule has 0 aromatic heterocycles. The van der Waals surface area contributed by atoms with Crippen LogP contribution in [0.4, 0.5) is 0 Å². The second-order valence-corrected chi connectivity index (χ2v) is 7.72. The van der Waals surface area contributed by atoms with Crippen LogP contribution in [0.1, 0.15) is 17.3 Å². The zero-order valence-corrected chi connectivity index (χ0v) is 15.2. The van der Waals surface area contributed by atoms with Gasteiger partial charge in [0.1, 0.15) is 0 Å². The van der Waals surface area contributed by atoms with Crippen LogP contribution in [0.15, 0.2) is 59.5 Å². The molecule has 2 aromatic carbocycles. The summed E-state index contributed by atoms with van der Waals surface area (Å²) in [6.07, 6.45) is 0. The van der Waals surface area contributed by atoms with Crippen molar-refractivity contribution in [1.29, 1.82) is 0 Å². The number of Topliss-reactive ketones (excluding diaryl/α,β-unsaturated/α-hetero) is 1. The van der Waals surface area contributed by atoms with E-state index in [9.17, 15) is 18.0 Å². The normalized spacial score (nSPS) is 10.5. The summed E-state index contributed by atoms with van der Waals surface area (Å²) in [5.74, 6) is -0.185. The predicted octanol–water partition coefficient (Wildman–Crippen LogP) is 3.14. The number of benzene rings is 2. The molecule has 0 radical (unpaired) electrons. The van der Waals surface area contributed by atoms with Crippen LogP contribution in [0, 0.1) is 0 Å². The average molecular weight is 386 g/mol. The van der Waals surface area contributed by atoms with Crippen molar-refractivity contribution in [2.24, 2.45) is 5.14 Å². The number of carbonyl (C=O) groups excluding carboxylic acids is 2. The number of hydrogen-bond acceptors (Lipinski definition) is 5. The van der Waals surface area contributed by atoms with Gasteiger partial charge in [-0.3, -0.25) is 9.59 Å². The van der Waals surface area contributed by atoms with Crippen LogP contribution < -0.4 is 5.14 Å². The Kier molecular flexibility index (Phi) is 8.14. The molecular weight excluding hydrogens is 370 g/mol. The summed E-state index contributed by atoms with van der Waals surface area (Å²) < 4.78 is 21.9. The molecule has 0 amide bonds. The highest BCUT2D eigenvalue weighted by molar-refractivity contribution is 8.14. The Morgan fingerprint density at radius 1 is 1.04 bits per heavy atom. The van der Waals surface area contributed by atoms with Crippen molar-refractivity contribution in [1.82, 2.24) is 0 Å². The Bertz CT molecular complexity index is 791. The van der Waals surface area contributed by atoms with Crippen LogP contribution in [-0.2, 0) is 14.8 Å². The van der Waals surface area contributed by atoms with E-state index in [0.717, 1.165) is 16.8 Å². The summed E-state index contributed by atoms with van der Waals surface area (Å²) in [6, 6.07) is 14.7. The Balaban J connectivity index is 0.000000341. The van der Waals surface area contributed by atoms with Crippen LogP contribution in [0.5, 0.6) is 0 Å². The fraction of sp³-hybridized carbons (Fsp3) is 0.125. The Morgan fingerprint density at radius 3 is 1.96 bits per heavy atom. The van der Waals surface area contributed by atoms with Crippen LogP contribution in [0.2, 0.25) is 5.02 Å². The van der Waals surface area contributed by atoms with Crippen LogP contribution in [0.3, 0.4) is 0 Å². The Hall–Kier alpha value is -1.67. The van der Waals surface area contributed by atoms with Crippen LogP contribution in [-0.4, -0.2) is 25.1 Å². The summed E-state index contributed by atoms with van der Waals surface area (Å²) >= 11 is 6.45. The molecule has 0 saturated carbocycles. The number of thioether (sulfide) groups is 1. The first kappa shape index (κ1) is 20.4. The number of halogens is 1. The minimum absolute atomic E-state index is 0.0457. The quantitative estimate of drug-likeness (QED) is 0.816. The van der Waals surface area contributed by atoms with Crippen molar-refractivity contribution in [3.8, 4) is 0 Å². The van der Waals surface area contributed by atoms with Gasteiger partial charge in [0, 0.05) is 17.5 Å². The zero-order chi connectivity index (χ0) is 18.2. The Morgan fingerprint density at radius 2 is 1.58 bits per heavy atom. The second-order valence-electron chi connectivity index (χ2n) is 4.57. The molecule has 0 aliphatic heterocycles. The second kappa shape index (κ2) is 9.58. The molecule has 2 N–H and O–H groups in total. The monoisotopic (exact) mass is 385 g/mol. The maximum atomic E-state index is 11.6. The summed E-state index contributed by atoms with van der Waals surface area (Å²) in [5, 5.41) is 5.57. The van der Waals surface area contributed by atoms with Gasteiger partial charge in [-0.15, -0.1) is 0 Å². The maximum absolute atomic E-state index is 11.6. The zero-order valence-electron chi connectivity index (χ0n) is 12.8. The molecule has 0 saturated heterocycles. The number of hydrogen-bond donors (Lipinski definition) is 1. The number of ketones is 1. The van der Waals surface area contributed by atoms with Gasteiger partial charge in [0.25, 0.3) is 0 Å². The topological polar surface area (TPSA) is 94.3 Å². The van der Waals surface area contributed by atoms with Crippen LogP contribution >= 0.6 is 23.4 Å². The summed E-state index contributed by atoms with van der Waals surface area (Å²) in [4.78, 5) is 22.2. The van der Waals surface area contributed by atoms with Gasteiger partial charge in [0.2, 0.25) is 10.0 Å². The molecule has 0 spiro atoms. The molecule has 0 fully saturated rings. The average Bonchev–Trinajstić information content (AvgIpc) is 2.53. The first-order valence-corrected chi connectivity index (χ1v) is 9.61. The highest BCUT2D eigenvalue weighted by Gasteiger charge is 2.11. The van der Waals surface area contributed by atoms with E-state index in [1.807, 2.05) is 30.3 Å². The lowest BCUT2D eigenvalue weighted by Crippen LogP contribution is -2.12. The van der Waals surface area contributed by atoms with Gasteiger partial charge in [-0.05, 0) is 24.3 Å². The highest BCUT2D eigenvalue weighted by Crippen LogP contribution is 2.12. The van der Waals surface area contributed by atoms with Gasteiger partial charge < -0.3 is 0 Å². The molecule has 128 valence electrons. The number of nitrogens with two attached hydrogens (primary N) is 1. The first-order valence-electron chi connectivity index (χ1n) is 6.70. The van der Waals surface area contributed by atoms with Crippen LogP contribution in [0.25, 0.3) is 0 Å². The van der Waals surface area contributed by atoms with E-state index in [0.29, 0.717) is 5.56 Å². The minimum atomic E-state index is -3.74. The van der Waals surface area contributed by atoms with Gasteiger partial charge in [0.15, 0.2) is 10.9 Å². The van der Waals surface area contributed by atoms with Crippen molar-refractivity contribution in [2.75, 3.05) is 5.75 Å². The number of sulfonamides is 1. The molecule has 8 heteroatoms. The van der Waals surface area contributed by atoms with E-state index in [2.05, 4.69) is 0 Å². The summed E-state index contributed by atoms with van der Waals surface area (Å²) in [7, 11) is -3.74. The molecule has 0 aliphatic carbocycles. The third kappa shape index (κ3) is 7.74. The van der Waals surface area contributed by atoms with E-state index < -0.39 is 10.0 Å². The van der Waals surface area contributed by atoms with Gasteiger partial charge >= 0.3 is 0 Å². The number of rotatable bonds is 4. The maximum Gasteiger partial charge on any atom is 0.238 e.